The number of anilines is 1. The maximum atomic E-state index is 12.7. The molecule has 4 aliphatic rings. The van der Waals surface area contributed by atoms with E-state index >= 15 is 0 Å². The van der Waals surface area contributed by atoms with Gasteiger partial charge in [0.2, 0.25) is 0 Å². The zero-order valence-corrected chi connectivity index (χ0v) is 19.7. The lowest BCUT2D eigenvalue weighted by atomic mass is 9.88. The lowest BCUT2D eigenvalue weighted by Crippen LogP contribution is -2.44. The van der Waals surface area contributed by atoms with E-state index in [4.69, 9.17) is 4.74 Å². The van der Waals surface area contributed by atoms with Gasteiger partial charge in [0.25, 0.3) is 5.91 Å². The lowest BCUT2D eigenvalue weighted by Gasteiger charge is -2.34. The Labute approximate surface area is 200 Å². The molecule has 1 spiro atoms. The molecule has 2 aromatic carbocycles. The van der Waals surface area contributed by atoms with Gasteiger partial charge >= 0.3 is 5.97 Å². The van der Waals surface area contributed by atoms with Crippen molar-refractivity contribution in [3.63, 3.8) is 0 Å². The van der Waals surface area contributed by atoms with E-state index in [1.807, 2.05) is 16.8 Å². The van der Waals surface area contributed by atoms with E-state index < -0.39 is 12.0 Å². The van der Waals surface area contributed by atoms with Gasteiger partial charge in [-0.15, -0.1) is 0 Å². The van der Waals surface area contributed by atoms with Crippen molar-refractivity contribution in [3.8, 4) is 11.1 Å². The molecule has 1 N–H and O–H groups in total. The molecule has 1 aliphatic carbocycles. The zero-order chi connectivity index (χ0) is 23.4. The van der Waals surface area contributed by atoms with Crippen LogP contribution in [0.1, 0.15) is 49.1 Å². The summed E-state index contributed by atoms with van der Waals surface area (Å²) in [7, 11) is 1.86. The topological polar surface area (TPSA) is 70.1 Å². The molecule has 3 atom stereocenters. The minimum atomic E-state index is -0.773. The molecule has 6 heteroatoms. The predicted octanol–water partition coefficient (Wildman–Crippen LogP) is 4.07. The largest absolute Gasteiger partial charge is 0.480 e. The Morgan fingerprint density at radius 1 is 1.06 bits per heavy atom. The van der Waals surface area contributed by atoms with E-state index in [0.717, 1.165) is 67.8 Å². The zero-order valence-electron chi connectivity index (χ0n) is 19.7. The van der Waals surface area contributed by atoms with Gasteiger partial charge in [-0.3, -0.25) is 4.79 Å². The lowest BCUT2D eigenvalue weighted by molar-refractivity contribution is -0.142. The van der Waals surface area contributed by atoms with Crippen LogP contribution in [0.2, 0.25) is 0 Å². The van der Waals surface area contributed by atoms with Crippen LogP contribution >= 0.6 is 0 Å². The van der Waals surface area contributed by atoms with Crippen molar-refractivity contribution in [2.45, 2.75) is 56.6 Å². The van der Waals surface area contributed by atoms with E-state index in [1.165, 1.54) is 12.0 Å². The summed E-state index contributed by atoms with van der Waals surface area (Å²) >= 11 is 0. The molecule has 178 valence electrons. The summed E-state index contributed by atoms with van der Waals surface area (Å²) < 4.78 is 5.60. The molecule has 3 aliphatic heterocycles. The molecule has 0 aromatic heterocycles. The summed E-state index contributed by atoms with van der Waals surface area (Å²) in [4.78, 5) is 28.1. The Kier molecular flexibility index (Phi) is 5.17. The summed E-state index contributed by atoms with van der Waals surface area (Å²) in [6.07, 6.45) is 5.60. The van der Waals surface area contributed by atoms with Gasteiger partial charge < -0.3 is 19.6 Å². The Balaban J connectivity index is 1.11. The summed E-state index contributed by atoms with van der Waals surface area (Å²) in [5.41, 5.74) is 6.14. The van der Waals surface area contributed by atoms with Gasteiger partial charge in [0.1, 0.15) is 12.1 Å². The average Bonchev–Trinajstić information content (AvgIpc) is 3.18. The van der Waals surface area contributed by atoms with Crippen molar-refractivity contribution in [1.29, 1.82) is 0 Å². The fourth-order valence-corrected chi connectivity index (χ4v) is 6.44. The summed E-state index contributed by atoms with van der Waals surface area (Å²) in [5.74, 6) is 0.0117. The fraction of sp³-hybridized carbons (Fsp3) is 0.500. The Hall–Kier alpha value is -2.86. The molecular formula is C28H32N2O4. The first-order chi connectivity index (χ1) is 16.4. The van der Waals surface area contributed by atoms with Crippen LogP contribution in [0.4, 0.5) is 5.69 Å². The molecule has 3 heterocycles. The summed E-state index contributed by atoms with van der Waals surface area (Å²) in [5, 5.41) is 9.46. The van der Waals surface area contributed by atoms with Gasteiger partial charge in [0.05, 0.1) is 0 Å². The number of piperidine rings is 1. The second-order valence-corrected chi connectivity index (χ2v) is 10.6. The molecule has 1 saturated carbocycles. The van der Waals surface area contributed by atoms with Gasteiger partial charge in [-0.1, -0.05) is 36.4 Å². The molecule has 2 aromatic rings. The van der Waals surface area contributed by atoms with Crippen molar-refractivity contribution < 1.29 is 19.4 Å². The standard InChI is InChI=1S/C28H32N2O4/c1-29-23-15-20(8-9-21(23)16-24(29)27(32)33)18-4-6-19(7-5-18)22-17-28(22)10-12-30(13-11-28)26(31)25-3-2-14-34-25/h4-9,15,22,24-25H,2-3,10-14,16-17H2,1H3,(H,32,33)/t22-,24?,25-/m1/s1. The maximum Gasteiger partial charge on any atom is 0.326 e. The van der Waals surface area contributed by atoms with Crippen LogP contribution in [-0.2, 0) is 20.7 Å². The first kappa shape index (κ1) is 21.7. The van der Waals surface area contributed by atoms with Crippen molar-refractivity contribution >= 4 is 17.6 Å². The maximum absolute atomic E-state index is 12.7. The quantitative estimate of drug-likeness (QED) is 0.745. The third kappa shape index (κ3) is 3.59. The van der Waals surface area contributed by atoms with Crippen LogP contribution in [0.3, 0.4) is 0 Å². The highest BCUT2D eigenvalue weighted by Crippen LogP contribution is 2.65. The highest BCUT2D eigenvalue weighted by Gasteiger charge is 2.55. The SMILES string of the molecule is CN1c2cc(-c3ccc([C@H]4CC45CCN(C(=O)[C@H]4CCCO4)CC5)cc3)ccc2CC1C(=O)O. The third-order valence-corrected chi connectivity index (χ3v) is 8.74. The number of carboxylic acids is 1. The van der Waals surface area contributed by atoms with Crippen molar-refractivity contribution in [2.75, 3.05) is 31.6 Å². The minimum absolute atomic E-state index is 0.198. The summed E-state index contributed by atoms with van der Waals surface area (Å²) in [6.45, 7) is 2.43. The number of carbonyl (C=O) groups is 2. The Morgan fingerprint density at radius 2 is 1.79 bits per heavy atom. The molecular weight excluding hydrogens is 428 g/mol. The van der Waals surface area contributed by atoms with Gasteiger partial charge in [-0.05, 0) is 71.8 Å². The molecule has 0 bridgehead atoms. The van der Waals surface area contributed by atoms with Crippen LogP contribution in [-0.4, -0.2) is 60.8 Å². The number of rotatable bonds is 4. The number of hydrogen-bond donors (Lipinski definition) is 1. The number of benzene rings is 2. The number of carbonyl (C=O) groups excluding carboxylic acids is 1. The van der Waals surface area contributed by atoms with Gasteiger partial charge in [0.15, 0.2) is 0 Å². The van der Waals surface area contributed by atoms with Gasteiger partial charge in [0, 0.05) is 38.9 Å². The molecule has 1 unspecified atom stereocenters. The molecule has 0 radical (unpaired) electrons. The number of carboxylic acid groups (broad SMARTS) is 1. The van der Waals surface area contributed by atoms with E-state index in [-0.39, 0.29) is 12.0 Å². The molecule has 3 fully saturated rings. The second-order valence-electron chi connectivity index (χ2n) is 10.6. The highest BCUT2D eigenvalue weighted by atomic mass is 16.5. The van der Waals surface area contributed by atoms with E-state index in [0.29, 0.717) is 17.8 Å². The first-order valence-electron chi connectivity index (χ1n) is 12.5. The number of likely N-dealkylation sites (N-methyl/N-ethyl adjacent to an activating group) is 1. The molecule has 6 rings (SSSR count). The van der Waals surface area contributed by atoms with Crippen molar-refractivity contribution in [1.82, 2.24) is 4.90 Å². The number of aliphatic carboxylic acids is 1. The number of amides is 1. The molecule has 1 amide bonds. The van der Waals surface area contributed by atoms with Crippen molar-refractivity contribution in [2.24, 2.45) is 5.41 Å². The number of hydrogen-bond acceptors (Lipinski definition) is 4. The monoisotopic (exact) mass is 460 g/mol. The number of ether oxygens (including phenoxy) is 1. The molecule has 6 nitrogen and oxygen atoms in total. The first-order valence-corrected chi connectivity index (χ1v) is 12.5. The normalized spacial score (nSPS) is 27.1. The van der Waals surface area contributed by atoms with E-state index in [2.05, 4.69) is 42.5 Å². The van der Waals surface area contributed by atoms with Crippen molar-refractivity contribution in [3.05, 3.63) is 53.6 Å². The van der Waals surface area contributed by atoms with Crippen LogP contribution in [0.5, 0.6) is 0 Å². The highest BCUT2D eigenvalue weighted by molar-refractivity contribution is 5.84. The Morgan fingerprint density at radius 3 is 2.47 bits per heavy atom. The predicted molar refractivity (Wildman–Crippen MR) is 130 cm³/mol. The van der Waals surface area contributed by atoms with E-state index in [9.17, 15) is 14.7 Å². The van der Waals surface area contributed by atoms with Crippen LogP contribution in [0.25, 0.3) is 11.1 Å². The average molecular weight is 461 g/mol. The van der Waals surface area contributed by atoms with Crippen LogP contribution in [0, 0.1) is 5.41 Å². The molecule has 2 saturated heterocycles. The fourth-order valence-electron chi connectivity index (χ4n) is 6.44. The number of nitrogens with zero attached hydrogens (tertiary/aromatic N) is 2. The van der Waals surface area contributed by atoms with E-state index in [1.54, 1.807) is 0 Å². The van der Waals surface area contributed by atoms with Gasteiger partial charge in [-0.25, -0.2) is 4.79 Å². The van der Waals surface area contributed by atoms with Crippen LogP contribution in [0.15, 0.2) is 42.5 Å². The smallest absolute Gasteiger partial charge is 0.326 e. The number of fused-ring (bicyclic) bond motifs is 1. The molecule has 34 heavy (non-hydrogen) atoms. The van der Waals surface area contributed by atoms with Gasteiger partial charge in [-0.2, -0.15) is 0 Å². The summed E-state index contributed by atoms with van der Waals surface area (Å²) in [6, 6.07) is 14.7. The number of likely N-dealkylation sites (tertiary alicyclic amines) is 1. The van der Waals surface area contributed by atoms with Crippen LogP contribution < -0.4 is 4.90 Å². The third-order valence-electron chi connectivity index (χ3n) is 8.74. The Bertz CT molecular complexity index is 1110. The second kappa shape index (κ2) is 8.12. The minimum Gasteiger partial charge on any atom is -0.480 e.